The summed E-state index contributed by atoms with van der Waals surface area (Å²) in [6, 6.07) is 28.7. The van der Waals surface area contributed by atoms with Gasteiger partial charge >= 0.3 is 0 Å². The van der Waals surface area contributed by atoms with Crippen molar-refractivity contribution in [2.75, 3.05) is 6.61 Å². The van der Waals surface area contributed by atoms with E-state index in [1.54, 1.807) is 0 Å². The van der Waals surface area contributed by atoms with Crippen LogP contribution in [0.2, 0.25) is 0 Å². The van der Waals surface area contributed by atoms with Crippen LogP contribution < -0.4 is 11.1 Å². The van der Waals surface area contributed by atoms with Crippen LogP contribution >= 0.6 is 0 Å². The molecule has 0 aromatic heterocycles. The molecule has 0 aliphatic rings. The van der Waals surface area contributed by atoms with E-state index >= 15 is 0 Å². The summed E-state index contributed by atoms with van der Waals surface area (Å²) in [7, 11) is 0. The smallest absolute Gasteiger partial charge is 0.236 e. The third-order valence-corrected chi connectivity index (χ3v) is 4.54. The van der Waals surface area contributed by atoms with Crippen LogP contribution in [0.15, 0.2) is 91.0 Å². The molecule has 0 fully saturated rings. The van der Waals surface area contributed by atoms with Crippen molar-refractivity contribution in [3.8, 4) is 0 Å². The Morgan fingerprint density at radius 1 is 0.808 bits per heavy atom. The highest BCUT2D eigenvalue weighted by Crippen LogP contribution is 2.37. The van der Waals surface area contributed by atoms with E-state index < -0.39 is 17.5 Å². The Morgan fingerprint density at radius 2 is 1.15 bits per heavy atom. The first-order valence-corrected chi connectivity index (χ1v) is 8.53. The number of rotatable bonds is 7. The van der Waals surface area contributed by atoms with Gasteiger partial charge in [-0.2, -0.15) is 0 Å². The van der Waals surface area contributed by atoms with E-state index in [4.69, 9.17) is 5.73 Å². The number of nitrogens with two attached hydrogens (primary N) is 1. The number of primary amides is 1. The number of amides is 1. The molecule has 0 heterocycles. The summed E-state index contributed by atoms with van der Waals surface area (Å²) in [6.07, 6.45) is 0. The first-order chi connectivity index (χ1) is 12.7. The van der Waals surface area contributed by atoms with Crippen LogP contribution in [0, 0.1) is 0 Å². The van der Waals surface area contributed by atoms with Crippen molar-refractivity contribution >= 4 is 5.91 Å². The van der Waals surface area contributed by atoms with Gasteiger partial charge in [-0.25, -0.2) is 0 Å². The summed E-state index contributed by atoms with van der Waals surface area (Å²) in [5, 5.41) is 13.1. The predicted molar refractivity (Wildman–Crippen MR) is 102 cm³/mol. The van der Waals surface area contributed by atoms with Crippen molar-refractivity contribution < 1.29 is 9.90 Å². The molecular formula is C22H22N2O2. The largest absolute Gasteiger partial charge is 0.394 e. The topological polar surface area (TPSA) is 75.4 Å². The molecule has 0 aliphatic carbocycles. The van der Waals surface area contributed by atoms with Gasteiger partial charge in [0.15, 0.2) is 0 Å². The molecule has 0 bridgehead atoms. The second-order valence-electron chi connectivity index (χ2n) is 6.13. The molecule has 3 aromatic carbocycles. The molecule has 0 unspecified atom stereocenters. The van der Waals surface area contributed by atoms with E-state index in [2.05, 4.69) is 5.32 Å². The summed E-state index contributed by atoms with van der Waals surface area (Å²) in [5.41, 5.74) is 7.57. The number of hydrogen-bond acceptors (Lipinski definition) is 3. The number of nitrogens with one attached hydrogen (secondary N) is 1. The Kier molecular flexibility index (Phi) is 5.46. The van der Waals surface area contributed by atoms with E-state index in [1.807, 2.05) is 91.0 Å². The van der Waals surface area contributed by atoms with E-state index in [-0.39, 0.29) is 6.61 Å². The second kappa shape index (κ2) is 7.95. The molecule has 4 heteroatoms. The molecule has 132 valence electrons. The van der Waals surface area contributed by atoms with Crippen molar-refractivity contribution in [2.45, 2.75) is 11.6 Å². The molecular weight excluding hydrogens is 324 g/mol. The van der Waals surface area contributed by atoms with Crippen molar-refractivity contribution in [1.29, 1.82) is 0 Å². The predicted octanol–water partition coefficient (Wildman–Crippen LogP) is 2.41. The molecule has 0 aliphatic heterocycles. The maximum atomic E-state index is 11.9. The van der Waals surface area contributed by atoms with Gasteiger partial charge in [-0.15, -0.1) is 0 Å². The molecule has 0 saturated heterocycles. The Hall–Kier alpha value is -2.95. The summed E-state index contributed by atoms with van der Waals surface area (Å²) < 4.78 is 0. The third kappa shape index (κ3) is 3.38. The zero-order valence-electron chi connectivity index (χ0n) is 14.4. The zero-order valence-corrected chi connectivity index (χ0v) is 14.4. The highest BCUT2D eigenvalue weighted by atomic mass is 16.3. The standard InChI is InChI=1S/C22H22N2O2/c23-21(26)20(16-25)24-22(17-10-4-1-5-11-17,18-12-6-2-7-13-18)19-14-8-3-9-15-19/h1-15,20,24-25H,16H2,(H2,23,26)/t20-/m0/s1. The summed E-state index contributed by atoms with van der Waals surface area (Å²) >= 11 is 0. The molecule has 0 radical (unpaired) electrons. The van der Waals surface area contributed by atoms with Crippen LogP contribution in [0.25, 0.3) is 0 Å². The zero-order chi connectivity index (χ0) is 18.4. The number of carbonyl (C=O) groups excluding carboxylic acids is 1. The number of aliphatic hydroxyl groups is 1. The lowest BCUT2D eigenvalue weighted by Crippen LogP contribution is -2.55. The fourth-order valence-electron chi connectivity index (χ4n) is 3.28. The molecule has 4 N–H and O–H groups in total. The minimum atomic E-state index is -0.893. The van der Waals surface area contributed by atoms with Gasteiger partial charge in [0.05, 0.1) is 12.1 Å². The van der Waals surface area contributed by atoms with Crippen LogP contribution in [0.4, 0.5) is 0 Å². The van der Waals surface area contributed by atoms with Crippen LogP contribution in [0.3, 0.4) is 0 Å². The minimum absolute atomic E-state index is 0.385. The number of benzene rings is 3. The van der Waals surface area contributed by atoms with Gasteiger partial charge in [-0.1, -0.05) is 91.0 Å². The van der Waals surface area contributed by atoms with E-state index in [0.29, 0.717) is 0 Å². The van der Waals surface area contributed by atoms with Gasteiger partial charge in [0, 0.05) is 0 Å². The van der Waals surface area contributed by atoms with E-state index in [1.165, 1.54) is 0 Å². The van der Waals surface area contributed by atoms with Crippen molar-refractivity contribution in [2.24, 2.45) is 5.73 Å². The number of carbonyl (C=O) groups is 1. The minimum Gasteiger partial charge on any atom is -0.394 e. The van der Waals surface area contributed by atoms with Gasteiger partial charge in [-0.05, 0) is 16.7 Å². The molecule has 3 aromatic rings. The lowest BCUT2D eigenvalue weighted by molar-refractivity contribution is -0.121. The highest BCUT2D eigenvalue weighted by Gasteiger charge is 2.39. The average Bonchev–Trinajstić information content (AvgIpc) is 2.71. The first kappa shape index (κ1) is 17.9. The molecule has 4 nitrogen and oxygen atoms in total. The fraction of sp³-hybridized carbons (Fsp3) is 0.136. The first-order valence-electron chi connectivity index (χ1n) is 8.53. The second-order valence-corrected chi connectivity index (χ2v) is 6.13. The Morgan fingerprint density at radius 3 is 1.42 bits per heavy atom. The Labute approximate surface area is 153 Å². The van der Waals surface area contributed by atoms with Gasteiger partial charge in [-0.3, -0.25) is 10.1 Å². The Bertz CT molecular complexity index is 739. The summed E-state index contributed by atoms with van der Waals surface area (Å²) in [6.45, 7) is -0.385. The monoisotopic (exact) mass is 346 g/mol. The SMILES string of the molecule is NC(=O)[C@H](CO)NC(c1ccccc1)(c1ccccc1)c1ccccc1. The molecule has 26 heavy (non-hydrogen) atoms. The highest BCUT2D eigenvalue weighted by molar-refractivity contribution is 5.80. The lowest BCUT2D eigenvalue weighted by atomic mass is 9.76. The molecule has 0 saturated carbocycles. The van der Waals surface area contributed by atoms with E-state index in [0.717, 1.165) is 16.7 Å². The van der Waals surface area contributed by atoms with Crippen molar-refractivity contribution in [1.82, 2.24) is 5.32 Å². The van der Waals surface area contributed by atoms with Crippen LogP contribution in [-0.4, -0.2) is 23.7 Å². The molecule has 0 spiro atoms. The summed E-state index contributed by atoms with van der Waals surface area (Å²) in [4.78, 5) is 11.9. The maximum absolute atomic E-state index is 11.9. The average molecular weight is 346 g/mol. The Balaban J connectivity index is 2.29. The van der Waals surface area contributed by atoms with Gasteiger partial charge in [0.25, 0.3) is 0 Å². The van der Waals surface area contributed by atoms with Crippen LogP contribution in [0.5, 0.6) is 0 Å². The normalized spacial score (nSPS) is 12.5. The van der Waals surface area contributed by atoms with Crippen molar-refractivity contribution in [3.05, 3.63) is 108 Å². The quantitative estimate of drug-likeness (QED) is 0.575. The molecule has 1 amide bonds. The van der Waals surface area contributed by atoms with Gasteiger partial charge < -0.3 is 10.8 Å². The number of hydrogen-bond donors (Lipinski definition) is 3. The number of aliphatic hydroxyl groups excluding tert-OH is 1. The lowest BCUT2D eigenvalue weighted by Gasteiger charge is -2.39. The van der Waals surface area contributed by atoms with Gasteiger partial charge in [0.2, 0.25) is 5.91 Å². The van der Waals surface area contributed by atoms with Crippen molar-refractivity contribution in [3.63, 3.8) is 0 Å². The van der Waals surface area contributed by atoms with Crippen LogP contribution in [-0.2, 0) is 10.3 Å². The van der Waals surface area contributed by atoms with Gasteiger partial charge in [0.1, 0.15) is 6.04 Å². The van der Waals surface area contributed by atoms with E-state index in [9.17, 15) is 9.90 Å². The molecule has 1 atom stereocenters. The fourth-order valence-corrected chi connectivity index (χ4v) is 3.28. The molecule has 3 rings (SSSR count). The summed E-state index contributed by atoms with van der Waals surface area (Å²) in [5.74, 6) is -0.598. The van der Waals surface area contributed by atoms with Crippen LogP contribution in [0.1, 0.15) is 16.7 Å². The third-order valence-electron chi connectivity index (χ3n) is 4.54. The maximum Gasteiger partial charge on any atom is 0.236 e.